The zero-order valence-corrected chi connectivity index (χ0v) is 27.3. The molecule has 8 aromatic carbocycles. The Bertz CT molecular complexity index is 2620. The van der Waals surface area contributed by atoms with Crippen molar-refractivity contribution in [2.75, 3.05) is 4.90 Å². The molecule has 9 aromatic rings. The van der Waals surface area contributed by atoms with Gasteiger partial charge in [0.1, 0.15) is 0 Å². The molecule has 1 heterocycles. The molecule has 0 atom stereocenters. The van der Waals surface area contributed by atoms with E-state index < -0.39 is 0 Å². The van der Waals surface area contributed by atoms with Gasteiger partial charge in [-0.2, -0.15) is 0 Å². The molecule has 0 amide bonds. The molecule has 49 heavy (non-hydrogen) atoms. The van der Waals surface area contributed by atoms with Crippen LogP contribution in [0.2, 0.25) is 0 Å². The fourth-order valence-electron chi connectivity index (χ4n) is 7.41. The number of aryl methyl sites for hydroxylation is 1. The Kier molecular flexibility index (Phi) is 7.06. The highest BCUT2D eigenvalue weighted by Crippen LogP contribution is 2.45. The molecule has 0 saturated carbocycles. The molecule has 0 unspecified atom stereocenters. The van der Waals surface area contributed by atoms with Crippen LogP contribution in [0.3, 0.4) is 0 Å². The molecule has 0 aliphatic rings. The highest BCUT2D eigenvalue weighted by Gasteiger charge is 2.21. The standard InChI is InChI=1S/C47H34N2/c1-33-29-30-47-42(31-33)41-24-9-12-27-46(41)49(47)45-26-11-8-23-40(45)36-19-13-20-37(32-36)48(44-28-14-18-35-17-5-6-21-39(35)44)43-25-10-7-22-38(43)34-15-3-2-4-16-34/h2-32H,1H3. The Morgan fingerprint density at radius 1 is 0.408 bits per heavy atom. The van der Waals surface area contributed by atoms with Crippen molar-refractivity contribution >= 4 is 49.6 Å². The van der Waals surface area contributed by atoms with Gasteiger partial charge in [0.15, 0.2) is 0 Å². The van der Waals surface area contributed by atoms with E-state index in [1.54, 1.807) is 0 Å². The zero-order chi connectivity index (χ0) is 32.7. The van der Waals surface area contributed by atoms with Gasteiger partial charge in [-0.05, 0) is 72.0 Å². The molecule has 0 aliphatic heterocycles. The number of rotatable bonds is 6. The number of hydrogen-bond acceptors (Lipinski definition) is 1. The minimum Gasteiger partial charge on any atom is -0.309 e. The number of nitrogens with zero attached hydrogens (tertiary/aromatic N) is 2. The zero-order valence-electron chi connectivity index (χ0n) is 27.3. The van der Waals surface area contributed by atoms with Crippen molar-refractivity contribution in [3.05, 3.63) is 194 Å². The molecule has 2 heteroatoms. The van der Waals surface area contributed by atoms with Gasteiger partial charge in [-0.15, -0.1) is 0 Å². The molecule has 2 nitrogen and oxygen atoms in total. The van der Waals surface area contributed by atoms with Gasteiger partial charge in [0.2, 0.25) is 0 Å². The molecule has 0 radical (unpaired) electrons. The normalized spacial score (nSPS) is 11.4. The van der Waals surface area contributed by atoms with E-state index in [4.69, 9.17) is 0 Å². The maximum absolute atomic E-state index is 2.43. The lowest BCUT2D eigenvalue weighted by molar-refractivity contribution is 1.18. The van der Waals surface area contributed by atoms with E-state index in [2.05, 4.69) is 204 Å². The summed E-state index contributed by atoms with van der Waals surface area (Å²) in [6.45, 7) is 2.17. The first-order valence-corrected chi connectivity index (χ1v) is 16.9. The smallest absolute Gasteiger partial charge is 0.0541 e. The molecule has 1 aromatic heterocycles. The van der Waals surface area contributed by atoms with E-state index in [9.17, 15) is 0 Å². The van der Waals surface area contributed by atoms with Crippen molar-refractivity contribution in [3.63, 3.8) is 0 Å². The molecule has 9 rings (SSSR count). The van der Waals surface area contributed by atoms with Gasteiger partial charge in [0.05, 0.1) is 28.1 Å². The summed E-state index contributed by atoms with van der Waals surface area (Å²) in [5.41, 5.74) is 12.9. The highest BCUT2D eigenvalue weighted by atomic mass is 15.1. The lowest BCUT2D eigenvalue weighted by Crippen LogP contribution is -2.12. The van der Waals surface area contributed by atoms with Crippen molar-refractivity contribution < 1.29 is 0 Å². The van der Waals surface area contributed by atoms with Crippen LogP contribution in [-0.2, 0) is 0 Å². The quantitative estimate of drug-likeness (QED) is 0.178. The van der Waals surface area contributed by atoms with Crippen LogP contribution in [0.4, 0.5) is 17.1 Å². The molecule has 0 spiro atoms. The molecule has 0 N–H and O–H groups in total. The summed E-state index contributed by atoms with van der Waals surface area (Å²) in [5, 5.41) is 4.97. The van der Waals surface area contributed by atoms with Gasteiger partial charge in [-0.3, -0.25) is 0 Å². The predicted octanol–water partition coefficient (Wildman–Crippen LogP) is 13.0. The molecule has 0 bridgehead atoms. The summed E-state index contributed by atoms with van der Waals surface area (Å²) < 4.78 is 2.43. The minimum absolute atomic E-state index is 1.10. The number of para-hydroxylation sites is 3. The van der Waals surface area contributed by atoms with Crippen LogP contribution in [0.1, 0.15) is 5.56 Å². The van der Waals surface area contributed by atoms with Crippen molar-refractivity contribution in [1.29, 1.82) is 0 Å². The predicted molar refractivity (Wildman–Crippen MR) is 209 cm³/mol. The van der Waals surface area contributed by atoms with Gasteiger partial charge in [-0.25, -0.2) is 0 Å². The molecular formula is C47H34N2. The van der Waals surface area contributed by atoms with Crippen molar-refractivity contribution in [3.8, 4) is 27.9 Å². The fourth-order valence-corrected chi connectivity index (χ4v) is 7.41. The van der Waals surface area contributed by atoms with Gasteiger partial charge < -0.3 is 9.47 Å². The summed E-state index contributed by atoms with van der Waals surface area (Å²) in [6.07, 6.45) is 0. The van der Waals surface area contributed by atoms with Gasteiger partial charge in [-0.1, -0.05) is 145 Å². The number of fused-ring (bicyclic) bond motifs is 4. The van der Waals surface area contributed by atoms with Gasteiger partial charge >= 0.3 is 0 Å². The Morgan fingerprint density at radius 2 is 1.04 bits per heavy atom. The van der Waals surface area contributed by atoms with Crippen molar-refractivity contribution in [1.82, 2.24) is 4.57 Å². The van der Waals surface area contributed by atoms with E-state index in [0.29, 0.717) is 0 Å². The van der Waals surface area contributed by atoms with E-state index in [-0.39, 0.29) is 0 Å². The average Bonchev–Trinajstić information content (AvgIpc) is 3.49. The van der Waals surface area contributed by atoms with Crippen LogP contribution in [-0.4, -0.2) is 4.57 Å². The molecule has 0 saturated heterocycles. The Hall–Kier alpha value is -6.38. The SMILES string of the molecule is Cc1ccc2c(c1)c1ccccc1n2-c1ccccc1-c1cccc(N(c2ccccc2-c2ccccc2)c2cccc3ccccc23)c1. The lowest BCUT2D eigenvalue weighted by Gasteiger charge is -2.29. The summed E-state index contributed by atoms with van der Waals surface area (Å²) in [5.74, 6) is 0. The summed E-state index contributed by atoms with van der Waals surface area (Å²) in [6, 6.07) is 68.1. The largest absolute Gasteiger partial charge is 0.309 e. The third kappa shape index (κ3) is 4.97. The molecule has 0 fully saturated rings. The van der Waals surface area contributed by atoms with Crippen LogP contribution in [0.15, 0.2) is 188 Å². The maximum Gasteiger partial charge on any atom is 0.0541 e. The Morgan fingerprint density at radius 3 is 1.94 bits per heavy atom. The van der Waals surface area contributed by atoms with E-state index in [1.165, 1.54) is 54.8 Å². The van der Waals surface area contributed by atoms with Crippen molar-refractivity contribution in [2.45, 2.75) is 6.92 Å². The van der Waals surface area contributed by atoms with Crippen LogP contribution >= 0.6 is 0 Å². The number of hydrogen-bond donors (Lipinski definition) is 0. The van der Waals surface area contributed by atoms with Crippen LogP contribution in [0, 0.1) is 6.92 Å². The Labute approximate surface area is 286 Å². The summed E-state index contributed by atoms with van der Waals surface area (Å²) in [7, 11) is 0. The topological polar surface area (TPSA) is 8.17 Å². The van der Waals surface area contributed by atoms with E-state index in [0.717, 1.165) is 28.3 Å². The fraction of sp³-hybridized carbons (Fsp3) is 0.0213. The molecule has 0 aliphatic carbocycles. The molecular weight excluding hydrogens is 593 g/mol. The average molecular weight is 627 g/mol. The second-order valence-corrected chi connectivity index (χ2v) is 12.7. The van der Waals surface area contributed by atoms with Crippen LogP contribution in [0.5, 0.6) is 0 Å². The Balaban J connectivity index is 1.28. The van der Waals surface area contributed by atoms with Crippen molar-refractivity contribution in [2.24, 2.45) is 0 Å². The summed E-state index contributed by atoms with van der Waals surface area (Å²) >= 11 is 0. The van der Waals surface area contributed by atoms with Gasteiger partial charge in [0.25, 0.3) is 0 Å². The minimum atomic E-state index is 1.10. The van der Waals surface area contributed by atoms with Crippen LogP contribution in [0.25, 0.3) is 60.5 Å². The number of aromatic nitrogens is 1. The number of anilines is 3. The molecule has 232 valence electrons. The lowest BCUT2D eigenvalue weighted by atomic mass is 9.99. The number of benzene rings is 8. The third-order valence-corrected chi connectivity index (χ3v) is 9.63. The van der Waals surface area contributed by atoms with Crippen LogP contribution < -0.4 is 4.90 Å². The first-order chi connectivity index (χ1) is 24.2. The van der Waals surface area contributed by atoms with E-state index >= 15 is 0 Å². The maximum atomic E-state index is 2.43. The highest BCUT2D eigenvalue weighted by molar-refractivity contribution is 6.10. The monoisotopic (exact) mass is 626 g/mol. The second kappa shape index (κ2) is 12.0. The van der Waals surface area contributed by atoms with E-state index in [1.807, 2.05) is 0 Å². The summed E-state index contributed by atoms with van der Waals surface area (Å²) in [4.78, 5) is 2.43. The van der Waals surface area contributed by atoms with Gasteiger partial charge in [0, 0.05) is 33.0 Å². The first kappa shape index (κ1) is 28.8. The third-order valence-electron chi connectivity index (χ3n) is 9.63. The first-order valence-electron chi connectivity index (χ1n) is 16.9. The second-order valence-electron chi connectivity index (χ2n) is 12.7.